The maximum atomic E-state index is 13.1. The summed E-state index contributed by atoms with van der Waals surface area (Å²) in [5.41, 5.74) is 1.56. The molecule has 5 rings (SSSR count). The summed E-state index contributed by atoms with van der Waals surface area (Å²) in [7, 11) is 1.62. The first-order valence-corrected chi connectivity index (χ1v) is 9.95. The molecule has 0 unspecified atom stereocenters. The first-order valence-electron chi connectivity index (χ1n) is 9.95. The summed E-state index contributed by atoms with van der Waals surface area (Å²) in [4.78, 5) is 19.7. The highest BCUT2D eigenvalue weighted by atomic mass is 16.5. The van der Waals surface area contributed by atoms with Crippen LogP contribution < -0.4 is 9.47 Å². The molecule has 1 amide bonds. The van der Waals surface area contributed by atoms with Crippen LogP contribution in [0.1, 0.15) is 54.7 Å². The normalized spacial score (nSPS) is 21.5. The molecule has 2 aromatic rings. The molecule has 0 bridgehead atoms. The highest BCUT2D eigenvalue weighted by Crippen LogP contribution is 2.39. The van der Waals surface area contributed by atoms with Crippen LogP contribution >= 0.6 is 0 Å². The van der Waals surface area contributed by atoms with Gasteiger partial charge in [-0.15, -0.1) is 0 Å². The van der Waals surface area contributed by atoms with E-state index < -0.39 is 0 Å². The van der Waals surface area contributed by atoms with Gasteiger partial charge in [0.25, 0.3) is 5.91 Å². The zero-order chi connectivity index (χ0) is 19.1. The van der Waals surface area contributed by atoms with E-state index in [1.807, 2.05) is 29.2 Å². The number of piperidine rings is 1. The van der Waals surface area contributed by atoms with Crippen molar-refractivity contribution in [2.24, 2.45) is 0 Å². The van der Waals surface area contributed by atoms with E-state index in [-0.39, 0.29) is 18.4 Å². The van der Waals surface area contributed by atoms with Gasteiger partial charge in [0, 0.05) is 30.5 Å². The molecule has 2 aliphatic heterocycles. The number of carbonyl (C=O) groups excluding carboxylic acids is 1. The van der Waals surface area contributed by atoms with E-state index in [4.69, 9.17) is 14.5 Å². The lowest BCUT2D eigenvalue weighted by molar-refractivity contribution is -0.128. The lowest BCUT2D eigenvalue weighted by Crippen LogP contribution is -2.41. The average Bonchev–Trinajstić information content (AvgIpc) is 3.49. The molecule has 1 aliphatic carbocycles. The van der Waals surface area contributed by atoms with Gasteiger partial charge in [0.05, 0.1) is 12.7 Å². The third-order valence-corrected chi connectivity index (χ3v) is 5.76. The highest BCUT2D eigenvalue weighted by Gasteiger charge is 2.32. The van der Waals surface area contributed by atoms with Crippen molar-refractivity contribution in [3.05, 3.63) is 41.0 Å². The fourth-order valence-electron chi connectivity index (χ4n) is 4.05. The predicted molar refractivity (Wildman–Crippen MR) is 103 cm³/mol. The molecule has 1 atom stereocenters. The van der Waals surface area contributed by atoms with E-state index >= 15 is 0 Å². The maximum Gasteiger partial charge on any atom is 0.253 e. The SMILES string of the molecule is COc1cccc2c1OCC(C(=O)N1CCC[C@H](c3n[nH]c(C4CC4)n3)C1)=C2. The van der Waals surface area contributed by atoms with Crippen LogP contribution in [0.15, 0.2) is 23.8 Å². The fraction of sp³-hybridized carbons (Fsp3) is 0.476. The van der Waals surface area contributed by atoms with Crippen LogP contribution in [0.3, 0.4) is 0 Å². The molecule has 3 aliphatic rings. The van der Waals surface area contributed by atoms with Gasteiger partial charge in [0.15, 0.2) is 17.3 Å². The minimum Gasteiger partial charge on any atom is -0.493 e. The predicted octanol–water partition coefficient (Wildman–Crippen LogP) is 2.87. The first kappa shape index (κ1) is 17.3. The van der Waals surface area contributed by atoms with E-state index in [0.29, 0.717) is 29.5 Å². The fourth-order valence-corrected chi connectivity index (χ4v) is 4.05. The van der Waals surface area contributed by atoms with Crippen molar-refractivity contribution in [1.29, 1.82) is 0 Å². The number of H-pyrrole nitrogens is 1. The van der Waals surface area contributed by atoms with Crippen molar-refractivity contribution in [3.63, 3.8) is 0 Å². The number of para-hydroxylation sites is 1. The molecule has 28 heavy (non-hydrogen) atoms. The monoisotopic (exact) mass is 380 g/mol. The van der Waals surface area contributed by atoms with Crippen LogP contribution in [0, 0.1) is 0 Å². The Bertz CT molecular complexity index is 931. The Morgan fingerprint density at radius 1 is 1.29 bits per heavy atom. The second kappa shape index (κ2) is 6.96. The van der Waals surface area contributed by atoms with Crippen molar-refractivity contribution in [1.82, 2.24) is 20.1 Å². The number of rotatable bonds is 4. The number of benzene rings is 1. The van der Waals surface area contributed by atoms with Crippen molar-refractivity contribution < 1.29 is 14.3 Å². The molecule has 0 spiro atoms. The maximum absolute atomic E-state index is 13.1. The van der Waals surface area contributed by atoms with Crippen LogP contribution in [-0.2, 0) is 4.79 Å². The number of hydrogen-bond donors (Lipinski definition) is 1. The largest absolute Gasteiger partial charge is 0.493 e. The average molecular weight is 380 g/mol. The van der Waals surface area contributed by atoms with Crippen LogP contribution in [0.25, 0.3) is 6.08 Å². The number of aromatic nitrogens is 3. The lowest BCUT2D eigenvalue weighted by atomic mass is 9.96. The number of nitrogens with zero attached hydrogens (tertiary/aromatic N) is 3. The van der Waals surface area contributed by atoms with Crippen LogP contribution in [0.5, 0.6) is 11.5 Å². The second-order valence-electron chi connectivity index (χ2n) is 7.78. The Balaban J connectivity index is 1.32. The third kappa shape index (κ3) is 3.15. The molecule has 1 aromatic carbocycles. The number of aromatic amines is 1. The van der Waals surface area contributed by atoms with Crippen molar-refractivity contribution >= 4 is 12.0 Å². The molecule has 1 aromatic heterocycles. The van der Waals surface area contributed by atoms with E-state index in [0.717, 1.165) is 36.6 Å². The molecule has 1 saturated carbocycles. The van der Waals surface area contributed by atoms with Gasteiger partial charge in [-0.3, -0.25) is 9.89 Å². The van der Waals surface area contributed by atoms with Gasteiger partial charge in [-0.05, 0) is 37.8 Å². The summed E-state index contributed by atoms with van der Waals surface area (Å²) < 4.78 is 11.2. The molecule has 2 fully saturated rings. The van der Waals surface area contributed by atoms with Gasteiger partial charge in [-0.2, -0.15) is 5.10 Å². The second-order valence-corrected chi connectivity index (χ2v) is 7.78. The van der Waals surface area contributed by atoms with E-state index in [2.05, 4.69) is 10.2 Å². The summed E-state index contributed by atoms with van der Waals surface area (Å²) in [6.07, 6.45) is 6.30. The Hall–Kier alpha value is -2.83. The smallest absolute Gasteiger partial charge is 0.253 e. The molecule has 0 radical (unpaired) electrons. The minimum atomic E-state index is 0.0381. The molecular formula is C21H24N4O3. The van der Waals surface area contributed by atoms with Gasteiger partial charge < -0.3 is 14.4 Å². The van der Waals surface area contributed by atoms with Gasteiger partial charge in [0.2, 0.25) is 0 Å². The van der Waals surface area contributed by atoms with E-state index in [1.165, 1.54) is 12.8 Å². The van der Waals surface area contributed by atoms with Gasteiger partial charge in [-0.1, -0.05) is 12.1 Å². The van der Waals surface area contributed by atoms with Crippen molar-refractivity contribution in [3.8, 4) is 11.5 Å². The number of amides is 1. The van der Waals surface area contributed by atoms with Crippen molar-refractivity contribution in [2.75, 3.05) is 26.8 Å². The number of likely N-dealkylation sites (tertiary alicyclic amines) is 1. The highest BCUT2D eigenvalue weighted by molar-refractivity contribution is 5.99. The molecule has 7 heteroatoms. The quantitative estimate of drug-likeness (QED) is 0.882. The number of carbonyl (C=O) groups is 1. The van der Waals surface area contributed by atoms with Crippen molar-refractivity contribution in [2.45, 2.75) is 37.5 Å². The first-order chi connectivity index (χ1) is 13.7. The Kier molecular flexibility index (Phi) is 4.30. The molecule has 1 saturated heterocycles. The number of hydrogen-bond acceptors (Lipinski definition) is 5. The Morgan fingerprint density at radius 2 is 2.18 bits per heavy atom. The summed E-state index contributed by atoms with van der Waals surface area (Å²) in [5, 5.41) is 7.52. The van der Waals surface area contributed by atoms with Gasteiger partial charge in [-0.25, -0.2) is 4.98 Å². The van der Waals surface area contributed by atoms with Crippen LogP contribution in [0.4, 0.5) is 0 Å². The summed E-state index contributed by atoms with van der Waals surface area (Å²) in [5.74, 6) is 4.04. The zero-order valence-corrected chi connectivity index (χ0v) is 16.0. The number of fused-ring (bicyclic) bond motifs is 1. The third-order valence-electron chi connectivity index (χ3n) is 5.76. The molecule has 1 N–H and O–H groups in total. The van der Waals surface area contributed by atoms with Gasteiger partial charge in [0.1, 0.15) is 12.4 Å². The molecule has 146 valence electrons. The zero-order valence-electron chi connectivity index (χ0n) is 16.0. The Morgan fingerprint density at radius 3 is 3.00 bits per heavy atom. The lowest BCUT2D eigenvalue weighted by Gasteiger charge is -2.32. The minimum absolute atomic E-state index is 0.0381. The number of ether oxygens (including phenoxy) is 2. The molecular weight excluding hydrogens is 356 g/mol. The summed E-state index contributed by atoms with van der Waals surface area (Å²) in [6, 6.07) is 5.71. The summed E-state index contributed by atoms with van der Waals surface area (Å²) >= 11 is 0. The van der Waals surface area contributed by atoms with Gasteiger partial charge >= 0.3 is 0 Å². The van der Waals surface area contributed by atoms with E-state index in [9.17, 15) is 4.79 Å². The Labute approximate surface area is 163 Å². The van der Waals surface area contributed by atoms with Crippen LogP contribution in [0.2, 0.25) is 0 Å². The number of nitrogens with one attached hydrogen (secondary N) is 1. The standard InChI is InChI=1S/C21H24N4O3/c1-27-17-6-2-4-14-10-16(12-28-18(14)17)21(26)25-9-3-5-15(11-25)20-22-19(23-24-20)13-7-8-13/h2,4,6,10,13,15H,3,5,7-9,11-12H2,1H3,(H,22,23,24)/t15-/m0/s1. The van der Waals surface area contributed by atoms with E-state index in [1.54, 1.807) is 7.11 Å². The van der Waals surface area contributed by atoms with Crippen LogP contribution in [-0.4, -0.2) is 52.8 Å². The number of methoxy groups -OCH3 is 1. The molecule has 7 nitrogen and oxygen atoms in total. The summed E-state index contributed by atoms with van der Waals surface area (Å²) in [6.45, 7) is 1.68. The molecule has 3 heterocycles. The topological polar surface area (TPSA) is 80.3 Å².